The smallest absolute Gasteiger partial charge is 0.329 e. The molecule has 0 aromatic heterocycles. The summed E-state index contributed by atoms with van der Waals surface area (Å²) in [6.45, 7) is 7.82. The zero-order chi connectivity index (χ0) is 25.7. The summed E-state index contributed by atoms with van der Waals surface area (Å²) >= 11 is 0. The summed E-state index contributed by atoms with van der Waals surface area (Å²) in [6.07, 6.45) is 1.36. The van der Waals surface area contributed by atoms with Gasteiger partial charge in [-0.3, -0.25) is 14.6 Å². The number of benzene rings is 1. The van der Waals surface area contributed by atoms with Crippen molar-refractivity contribution in [2.75, 3.05) is 6.54 Å². The topological polar surface area (TPSA) is 175 Å². The maximum atomic E-state index is 13.1. The lowest BCUT2D eigenvalue weighted by Crippen LogP contribution is -2.56. The van der Waals surface area contributed by atoms with Gasteiger partial charge in [0.1, 0.15) is 18.7 Å². The number of hydrogen-bond donors (Lipinski definition) is 5. The highest BCUT2D eigenvalue weighted by Crippen LogP contribution is 2.12. The molecule has 1 aromatic rings. The maximum absolute atomic E-state index is 13.1. The van der Waals surface area contributed by atoms with Gasteiger partial charge in [-0.25, -0.2) is 4.79 Å². The normalized spacial score (nSPS) is 14.4. The van der Waals surface area contributed by atoms with Gasteiger partial charge in [-0.1, -0.05) is 64.4 Å². The van der Waals surface area contributed by atoms with Gasteiger partial charge in [0.15, 0.2) is 5.96 Å². The van der Waals surface area contributed by atoms with Crippen LogP contribution in [0, 0.1) is 11.8 Å². The molecule has 1 aromatic carbocycles. The SMILES string of the molecule is CC[C@H](C)[C@H](NC(=O)[C@H](CCCN=C(N)N)NC(=O)[C@@H](N)C(C)C)C(=O)OCc1ccccc1. The van der Waals surface area contributed by atoms with Crippen LogP contribution >= 0.6 is 0 Å². The minimum atomic E-state index is -0.903. The molecule has 0 saturated heterocycles. The van der Waals surface area contributed by atoms with Crippen molar-refractivity contribution in [1.29, 1.82) is 0 Å². The number of nitrogens with two attached hydrogens (primary N) is 3. The number of carbonyl (C=O) groups is 3. The van der Waals surface area contributed by atoms with E-state index in [9.17, 15) is 14.4 Å². The van der Waals surface area contributed by atoms with E-state index in [0.717, 1.165) is 5.56 Å². The first-order chi connectivity index (χ1) is 16.1. The van der Waals surface area contributed by atoms with E-state index >= 15 is 0 Å². The first-order valence-corrected chi connectivity index (χ1v) is 11.7. The number of rotatable bonds is 14. The Morgan fingerprint density at radius 3 is 2.24 bits per heavy atom. The average molecular weight is 477 g/mol. The molecule has 0 aliphatic rings. The highest BCUT2D eigenvalue weighted by molar-refractivity contribution is 5.92. The fourth-order valence-electron chi connectivity index (χ4n) is 3.08. The van der Waals surface area contributed by atoms with E-state index in [1.165, 1.54) is 0 Å². The van der Waals surface area contributed by atoms with Gasteiger partial charge >= 0.3 is 5.97 Å². The molecule has 2 amide bonds. The molecule has 1 rings (SSSR count). The van der Waals surface area contributed by atoms with Gasteiger partial charge in [0.25, 0.3) is 0 Å². The molecule has 4 atom stereocenters. The number of guanidine groups is 1. The molecule has 0 radical (unpaired) electrons. The second kappa shape index (κ2) is 14.9. The third kappa shape index (κ3) is 10.2. The minimum absolute atomic E-state index is 0.0511. The molecular formula is C24H40N6O4. The van der Waals surface area contributed by atoms with Crippen LogP contribution in [0.4, 0.5) is 0 Å². The van der Waals surface area contributed by atoms with E-state index in [1.54, 1.807) is 0 Å². The fourth-order valence-corrected chi connectivity index (χ4v) is 3.08. The molecule has 0 unspecified atom stereocenters. The van der Waals surface area contributed by atoms with Gasteiger partial charge in [-0.05, 0) is 30.2 Å². The number of hydrogen-bond acceptors (Lipinski definition) is 6. The Morgan fingerprint density at radius 1 is 1.03 bits per heavy atom. The summed E-state index contributed by atoms with van der Waals surface area (Å²) < 4.78 is 5.46. The monoisotopic (exact) mass is 476 g/mol. The quantitative estimate of drug-likeness (QED) is 0.114. The predicted molar refractivity (Wildman–Crippen MR) is 132 cm³/mol. The Balaban J connectivity index is 2.92. The fraction of sp³-hybridized carbons (Fsp3) is 0.583. The van der Waals surface area contributed by atoms with E-state index in [4.69, 9.17) is 21.9 Å². The number of carbonyl (C=O) groups excluding carboxylic acids is 3. The first kappa shape index (κ1) is 28.9. The number of nitrogens with zero attached hydrogens (tertiary/aromatic N) is 1. The van der Waals surface area contributed by atoms with Crippen molar-refractivity contribution < 1.29 is 19.1 Å². The molecule has 0 fully saturated rings. The summed E-state index contributed by atoms with van der Waals surface area (Å²) in [4.78, 5) is 42.4. The van der Waals surface area contributed by atoms with Crippen LogP contribution in [0.5, 0.6) is 0 Å². The van der Waals surface area contributed by atoms with E-state index in [2.05, 4.69) is 15.6 Å². The Hall–Kier alpha value is -3.14. The van der Waals surface area contributed by atoms with Crippen LogP contribution in [-0.4, -0.2) is 48.4 Å². The van der Waals surface area contributed by atoms with Crippen LogP contribution in [0.3, 0.4) is 0 Å². The van der Waals surface area contributed by atoms with Crippen LogP contribution in [0.25, 0.3) is 0 Å². The Kier molecular flexibility index (Phi) is 12.7. The van der Waals surface area contributed by atoms with Crippen molar-refractivity contribution >= 4 is 23.7 Å². The molecule has 0 bridgehead atoms. The third-order valence-corrected chi connectivity index (χ3v) is 5.59. The average Bonchev–Trinajstić information content (AvgIpc) is 2.81. The number of amides is 2. The van der Waals surface area contributed by atoms with Crippen LogP contribution < -0.4 is 27.8 Å². The molecule has 190 valence electrons. The van der Waals surface area contributed by atoms with Gasteiger partial charge in [0, 0.05) is 6.54 Å². The van der Waals surface area contributed by atoms with Crippen molar-refractivity contribution in [3.63, 3.8) is 0 Å². The Morgan fingerprint density at radius 2 is 1.68 bits per heavy atom. The first-order valence-electron chi connectivity index (χ1n) is 11.7. The van der Waals surface area contributed by atoms with Crippen molar-refractivity contribution in [2.45, 2.75) is 71.7 Å². The van der Waals surface area contributed by atoms with Crippen LogP contribution in [0.2, 0.25) is 0 Å². The van der Waals surface area contributed by atoms with Gasteiger partial charge in [-0.15, -0.1) is 0 Å². The summed E-state index contributed by atoms with van der Waals surface area (Å²) in [5.41, 5.74) is 17.5. The number of esters is 1. The molecular weight excluding hydrogens is 436 g/mol. The Labute approximate surface area is 202 Å². The molecule has 34 heavy (non-hydrogen) atoms. The lowest BCUT2D eigenvalue weighted by Gasteiger charge is -2.27. The standard InChI is InChI=1S/C24H40N6O4/c1-5-16(4)20(23(33)34-14-17-10-7-6-8-11-17)30-21(31)18(12-9-13-28-24(26)27)29-22(32)19(25)15(2)3/h6-8,10-11,15-16,18-20H,5,9,12-14,25H2,1-4H3,(H,29,32)(H,30,31)(H4,26,27,28)/t16-,18-,19-,20-/m0/s1. The number of ether oxygens (including phenoxy) is 1. The molecule has 10 heteroatoms. The van der Waals surface area contributed by atoms with Crippen molar-refractivity contribution in [1.82, 2.24) is 10.6 Å². The summed E-state index contributed by atoms with van der Waals surface area (Å²) in [5.74, 6) is -1.80. The second-order valence-corrected chi connectivity index (χ2v) is 8.74. The lowest BCUT2D eigenvalue weighted by molar-refractivity contribution is -0.151. The van der Waals surface area contributed by atoms with E-state index in [1.807, 2.05) is 58.0 Å². The van der Waals surface area contributed by atoms with Gasteiger partial charge in [0.05, 0.1) is 6.04 Å². The highest BCUT2D eigenvalue weighted by atomic mass is 16.5. The summed E-state index contributed by atoms with van der Waals surface area (Å²) in [5, 5.41) is 5.48. The second-order valence-electron chi connectivity index (χ2n) is 8.74. The highest BCUT2D eigenvalue weighted by Gasteiger charge is 2.31. The molecule has 0 aliphatic heterocycles. The third-order valence-electron chi connectivity index (χ3n) is 5.59. The van der Waals surface area contributed by atoms with Gasteiger partial charge in [-0.2, -0.15) is 0 Å². The molecule has 0 saturated carbocycles. The van der Waals surface area contributed by atoms with Crippen molar-refractivity contribution in [2.24, 2.45) is 34.0 Å². The predicted octanol–water partition coefficient (Wildman–Crippen LogP) is 0.782. The molecule has 0 heterocycles. The zero-order valence-corrected chi connectivity index (χ0v) is 20.6. The summed E-state index contributed by atoms with van der Waals surface area (Å²) in [6, 6.07) is 6.75. The van der Waals surface area contributed by atoms with Crippen LogP contribution in [0.1, 0.15) is 52.5 Å². The number of nitrogens with one attached hydrogen (secondary N) is 2. The Bertz CT molecular complexity index is 811. The maximum Gasteiger partial charge on any atom is 0.329 e. The van der Waals surface area contributed by atoms with E-state index in [0.29, 0.717) is 19.4 Å². The minimum Gasteiger partial charge on any atom is -0.459 e. The molecule has 0 aliphatic carbocycles. The summed E-state index contributed by atoms with van der Waals surface area (Å²) in [7, 11) is 0. The van der Waals surface area contributed by atoms with E-state index < -0.39 is 35.9 Å². The lowest BCUT2D eigenvalue weighted by atomic mass is 9.98. The molecule has 0 spiro atoms. The largest absolute Gasteiger partial charge is 0.459 e. The zero-order valence-electron chi connectivity index (χ0n) is 20.6. The van der Waals surface area contributed by atoms with Gasteiger partial charge in [0.2, 0.25) is 11.8 Å². The van der Waals surface area contributed by atoms with Gasteiger partial charge < -0.3 is 32.6 Å². The van der Waals surface area contributed by atoms with Crippen LogP contribution in [0.15, 0.2) is 35.3 Å². The van der Waals surface area contributed by atoms with E-state index in [-0.39, 0.29) is 30.8 Å². The molecule has 10 nitrogen and oxygen atoms in total. The van der Waals surface area contributed by atoms with Crippen molar-refractivity contribution in [3.05, 3.63) is 35.9 Å². The molecule has 8 N–H and O–H groups in total. The van der Waals surface area contributed by atoms with Crippen LogP contribution in [-0.2, 0) is 25.7 Å². The number of aliphatic imine (C=N–C) groups is 1. The van der Waals surface area contributed by atoms with Crippen molar-refractivity contribution in [3.8, 4) is 0 Å².